The predicted octanol–water partition coefficient (Wildman–Crippen LogP) is 7.12. The molecule has 0 heterocycles. The molecule has 0 rings (SSSR count). The summed E-state index contributed by atoms with van der Waals surface area (Å²) in [4.78, 5) is 37.1. The fourth-order valence-corrected chi connectivity index (χ4v) is 4.17. The Balaban J connectivity index is 4.03. The van der Waals surface area contributed by atoms with Crippen molar-refractivity contribution in [3.05, 3.63) is 12.2 Å². The van der Waals surface area contributed by atoms with Crippen LogP contribution in [0.25, 0.3) is 0 Å². The fourth-order valence-electron chi connectivity index (χ4n) is 4.17. The van der Waals surface area contributed by atoms with E-state index in [1.54, 1.807) is 0 Å². The van der Waals surface area contributed by atoms with Crippen molar-refractivity contribution in [3.63, 3.8) is 0 Å². The molecule has 0 saturated carbocycles. The minimum atomic E-state index is -0.649. The quantitative estimate of drug-likeness (QED) is 0.0836. The summed E-state index contributed by atoms with van der Waals surface area (Å²) in [7, 11) is 0. The monoisotopic (exact) mass is 521 g/mol. The van der Waals surface area contributed by atoms with Crippen molar-refractivity contribution < 1.29 is 14.4 Å². The minimum absolute atomic E-state index is 0.0636. The van der Waals surface area contributed by atoms with Crippen molar-refractivity contribution >= 4 is 17.7 Å². The number of hydrogen-bond donors (Lipinski definition) is 3. The Morgan fingerprint density at radius 3 is 1.68 bits per heavy atom. The average molecular weight is 522 g/mol. The van der Waals surface area contributed by atoms with Crippen LogP contribution in [0.5, 0.6) is 0 Å². The Labute approximate surface area is 228 Å². The minimum Gasteiger partial charge on any atom is -0.356 e. The van der Waals surface area contributed by atoms with E-state index < -0.39 is 6.04 Å². The molecular weight excluding hydrogens is 462 g/mol. The molecule has 3 N–H and O–H groups in total. The van der Waals surface area contributed by atoms with Gasteiger partial charge in [0.25, 0.3) is 0 Å². The lowest BCUT2D eigenvalue weighted by molar-refractivity contribution is -0.129. The topological polar surface area (TPSA) is 87.3 Å². The number of nitrogens with one attached hydrogen (secondary N) is 3. The third kappa shape index (κ3) is 24.3. The zero-order chi connectivity index (χ0) is 27.4. The zero-order valence-corrected chi connectivity index (χ0v) is 24.5. The first-order valence-electron chi connectivity index (χ1n) is 15.5. The van der Waals surface area contributed by atoms with Gasteiger partial charge in [-0.1, -0.05) is 97.1 Å². The number of amides is 3. The highest BCUT2D eigenvalue weighted by Gasteiger charge is 2.21. The lowest BCUT2D eigenvalue weighted by Gasteiger charge is -2.18. The molecular formula is C31H59N3O3. The Kier molecular flexibility index (Phi) is 25.8. The molecule has 0 aliphatic carbocycles. The van der Waals surface area contributed by atoms with E-state index in [0.29, 0.717) is 25.9 Å². The maximum absolute atomic E-state index is 12.6. The predicted molar refractivity (Wildman–Crippen MR) is 156 cm³/mol. The summed E-state index contributed by atoms with van der Waals surface area (Å²) >= 11 is 0. The van der Waals surface area contributed by atoms with Crippen LogP contribution < -0.4 is 16.0 Å². The van der Waals surface area contributed by atoms with Gasteiger partial charge in [0.1, 0.15) is 6.04 Å². The van der Waals surface area contributed by atoms with Crippen LogP contribution in [0.15, 0.2) is 12.2 Å². The number of hydrogen-bond acceptors (Lipinski definition) is 3. The summed E-state index contributed by atoms with van der Waals surface area (Å²) in [5.74, 6) is -0.348. The summed E-state index contributed by atoms with van der Waals surface area (Å²) in [6, 6.07) is -0.649. The van der Waals surface area contributed by atoms with Gasteiger partial charge in [-0.05, 0) is 51.4 Å². The maximum Gasteiger partial charge on any atom is 0.242 e. The second-order valence-corrected chi connectivity index (χ2v) is 10.3. The SMILES string of the molecule is CCCCCCCC/C=C/CCCCCCCC(=O)N[C@@H](CCC(=O)NCCCC)C(=O)NCCCC. The molecule has 0 aromatic rings. The maximum atomic E-state index is 12.6. The average Bonchev–Trinajstić information content (AvgIpc) is 2.89. The Morgan fingerprint density at radius 1 is 0.568 bits per heavy atom. The summed E-state index contributed by atoms with van der Waals surface area (Å²) < 4.78 is 0. The third-order valence-corrected chi connectivity index (χ3v) is 6.66. The lowest BCUT2D eigenvalue weighted by Crippen LogP contribution is -2.47. The van der Waals surface area contributed by atoms with E-state index in [2.05, 4.69) is 48.9 Å². The molecule has 0 unspecified atom stereocenters. The zero-order valence-electron chi connectivity index (χ0n) is 24.5. The van der Waals surface area contributed by atoms with E-state index in [9.17, 15) is 14.4 Å². The van der Waals surface area contributed by atoms with Gasteiger partial charge >= 0.3 is 0 Å². The van der Waals surface area contributed by atoms with Crippen molar-refractivity contribution in [2.75, 3.05) is 13.1 Å². The van der Waals surface area contributed by atoms with Crippen LogP contribution in [0.3, 0.4) is 0 Å². The number of carbonyl (C=O) groups excluding carboxylic acids is 3. The molecule has 37 heavy (non-hydrogen) atoms. The van der Waals surface area contributed by atoms with Gasteiger partial charge in [-0.2, -0.15) is 0 Å². The van der Waals surface area contributed by atoms with Crippen LogP contribution in [0.4, 0.5) is 0 Å². The fraction of sp³-hybridized carbons (Fsp3) is 0.839. The first kappa shape index (κ1) is 35.2. The Bertz CT molecular complexity index is 592. The molecule has 0 spiro atoms. The number of unbranched alkanes of at least 4 members (excludes halogenated alkanes) is 13. The van der Waals surface area contributed by atoms with Crippen molar-refractivity contribution in [2.45, 2.75) is 155 Å². The van der Waals surface area contributed by atoms with E-state index in [-0.39, 0.29) is 24.1 Å². The molecule has 3 amide bonds. The first-order valence-corrected chi connectivity index (χ1v) is 15.5. The van der Waals surface area contributed by atoms with Crippen LogP contribution in [-0.4, -0.2) is 36.9 Å². The normalized spacial score (nSPS) is 12.0. The van der Waals surface area contributed by atoms with Crippen LogP contribution >= 0.6 is 0 Å². The lowest BCUT2D eigenvalue weighted by atomic mass is 10.1. The van der Waals surface area contributed by atoms with Gasteiger partial charge in [-0.15, -0.1) is 0 Å². The van der Waals surface area contributed by atoms with Gasteiger partial charge in [0.05, 0.1) is 0 Å². The van der Waals surface area contributed by atoms with Gasteiger partial charge in [-0.25, -0.2) is 0 Å². The molecule has 6 nitrogen and oxygen atoms in total. The number of rotatable bonds is 26. The molecule has 0 aromatic heterocycles. The van der Waals surface area contributed by atoms with Crippen molar-refractivity contribution in [3.8, 4) is 0 Å². The van der Waals surface area contributed by atoms with E-state index in [4.69, 9.17) is 0 Å². The third-order valence-electron chi connectivity index (χ3n) is 6.66. The van der Waals surface area contributed by atoms with Crippen molar-refractivity contribution in [2.24, 2.45) is 0 Å². The van der Waals surface area contributed by atoms with E-state index >= 15 is 0 Å². The highest BCUT2D eigenvalue weighted by molar-refractivity contribution is 5.88. The molecule has 0 fully saturated rings. The highest BCUT2D eigenvalue weighted by Crippen LogP contribution is 2.10. The number of carbonyl (C=O) groups is 3. The van der Waals surface area contributed by atoms with Gasteiger partial charge < -0.3 is 16.0 Å². The smallest absolute Gasteiger partial charge is 0.242 e. The van der Waals surface area contributed by atoms with Gasteiger partial charge in [0, 0.05) is 25.9 Å². The van der Waals surface area contributed by atoms with Crippen LogP contribution in [-0.2, 0) is 14.4 Å². The van der Waals surface area contributed by atoms with E-state index in [1.165, 1.54) is 57.8 Å². The van der Waals surface area contributed by atoms with Crippen LogP contribution in [0, 0.1) is 0 Å². The van der Waals surface area contributed by atoms with Crippen molar-refractivity contribution in [1.29, 1.82) is 0 Å². The Morgan fingerprint density at radius 2 is 1.08 bits per heavy atom. The Hall–Kier alpha value is -1.85. The molecule has 0 saturated heterocycles. The summed E-state index contributed by atoms with van der Waals surface area (Å²) in [5.41, 5.74) is 0. The number of allylic oxidation sites excluding steroid dienone is 2. The second-order valence-electron chi connectivity index (χ2n) is 10.3. The molecule has 1 atom stereocenters. The van der Waals surface area contributed by atoms with Crippen LogP contribution in [0.2, 0.25) is 0 Å². The summed E-state index contributed by atoms with van der Waals surface area (Å²) in [6.07, 6.45) is 25.4. The molecule has 0 aliphatic heterocycles. The molecule has 6 heteroatoms. The molecule has 0 aliphatic rings. The van der Waals surface area contributed by atoms with Crippen molar-refractivity contribution in [1.82, 2.24) is 16.0 Å². The largest absolute Gasteiger partial charge is 0.356 e. The van der Waals surface area contributed by atoms with Gasteiger partial charge in [-0.3, -0.25) is 14.4 Å². The highest BCUT2D eigenvalue weighted by atomic mass is 16.2. The van der Waals surface area contributed by atoms with E-state index in [0.717, 1.165) is 51.4 Å². The molecule has 216 valence electrons. The molecule has 0 aromatic carbocycles. The van der Waals surface area contributed by atoms with Gasteiger partial charge in [0.15, 0.2) is 0 Å². The summed E-state index contributed by atoms with van der Waals surface area (Å²) in [5, 5.41) is 8.65. The molecule has 0 bridgehead atoms. The van der Waals surface area contributed by atoms with Gasteiger partial charge in [0.2, 0.25) is 17.7 Å². The molecule has 0 radical (unpaired) electrons. The van der Waals surface area contributed by atoms with Crippen LogP contribution in [0.1, 0.15) is 149 Å². The first-order chi connectivity index (χ1) is 18.0. The second kappa shape index (κ2) is 27.2. The summed E-state index contributed by atoms with van der Waals surface area (Å²) in [6.45, 7) is 7.66. The standard InChI is InChI=1S/C31H59N3O3/c1-4-7-10-11-12-13-14-15-16-17-18-19-20-21-22-23-30(36)34-28(31(37)33-27-9-6-3)24-25-29(35)32-26-8-5-2/h15-16,28H,4-14,17-27H2,1-3H3,(H,32,35)(H,33,37)(H,34,36)/b16-15+/t28-/m0/s1. The van der Waals surface area contributed by atoms with E-state index in [1.807, 2.05) is 0 Å².